The zero-order valence-corrected chi connectivity index (χ0v) is 8.17. The second-order valence-electron chi connectivity index (χ2n) is 2.69. The first-order valence-electron chi connectivity index (χ1n) is 3.92. The van der Waals surface area contributed by atoms with Crippen LogP contribution in [0.3, 0.4) is 0 Å². The predicted molar refractivity (Wildman–Crippen MR) is 46.6 cm³/mol. The summed E-state index contributed by atoms with van der Waals surface area (Å²) in [5.41, 5.74) is 0. The lowest BCUT2D eigenvalue weighted by atomic mass is 10.1. The molecule has 6 heteroatoms. The molecule has 1 radical (unpaired) electrons. The molecule has 0 aromatic heterocycles. The minimum atomic E-state index is -4.30. The lowest BCUT2D eigenvalue weighted by Crippen LogP contribution is -2.15. The molecule has 0 unspecified atom stereocenters. The van der Waals surface area contributed by atoms with E-state index in [-0.39, 0.29) is 11.7 Å². The largest absolute Gasteiger partial charge is 0.481 e. The summed E-state index contributed by atoms with van der Waals surface area (Å²) < 4.78 is 29.9. The van der Waals surface area contributed by atoms with E-state index in [9.17, 15) is 13.2 Å². The third kappa shape index (κ3) is 5.59. The van der Waals surface area contributed by atoms with E-state index in [1.54, 1.807) is 0 Å². The normalized spacial score (nSPS) is 11.9. The van der Waals surface area contributed by atoms with Crippen molar-refractivity contribution >= 4 is 16.1 Å². The Bertz CT molecular complexity index is 256. The molecular weight excluding hydrogens is 196 g/mol. The highest BCUT2D eigenvalue weighted by atomic mass is 32.2. The van der Waals surface area contributed by atoms with Crippen LogP contribution in [-0.4, -0.2) is 24.0 Å². The Labute approximate surface area is 77.5 Å². The Morgan fingerprint density at radius 3 is 2.23 bits per heavy atom. The molecule has 13 heavy (non-hydrogen) atoms. The fraction of sp³-hybridized carbons (Fsp3) is 0.714. The van der Waals surface area contributed by atoms with Crippen molar-refractivity contribution in [3.05, 3.63) is 5.25 Å². The number of hydrogen-bond donors (Lipinski definition) is 2. The number of carboxylic acid groups (broad SMARTS) is 1. The molecule has 0 saturated carbocycles. The summed E-state index contributed by atoms with van der Waals surface area (Å²) in [4.78, 5) is 10.2. The molecule has 0 rings (SSSR count). The molecule has 0 atom stereocenters. The molecule has 0 aromatic carbocycles. The smallest absolute Gasteiger partial charge is 0.305 e. The van der Waals surface area contributed by atoms with Gasteiger partial charge in [0.05, 0.1) is 6.42 Å². The topological polar surface area (TPSA) is 91.7 Å². The van der Waals surface area contributed by atoms with Crippen LogP contribution in [0.2, 0.25) is 0 Å². The van der Waals surface area contributed by atoms with Crippen LogP contribution in [0.15, 0.2) is 0 Å². The van der Waals surface area contributed by atoms with Crippen LogP contribution in [0.4, 0.5) is 0 Å². The zero-order chi connectivity index (χ0) is 10.5. The maximum atomic E-state index is 10.6. The van der Waals surface area contributed by atoms with Crippen molar-refractivity contribution in [3.8, 4) is 0 Å². The van der Waals surface area contributed by atoms with Crippen LogP contribution in [0.5, 0.6) is 0 Å². The number of rotatable bonds is 6. The Morgan fingerprint density at radius 2 is 1.92 bits per heavy atom. The Balaban J connectivity index is 4.29. The van der Waals surface area contributed by atoms with Gasteiger partial charge in [-0.3, -0.25) is 9.35 Å². The fourth-order valence-corrected chi connectivity index (χ4v) is 1.56. The molecule has 0 fully saturated rings. The van der Waals surface area contributed by atoms with Gasteiger partial charge < -0.3 is 5.11 Å². The number of carboxylic acids is 1. The summed E-state index contributed by atoms with van der Waals surface area (Å²) in [6, 6.07) is 0. The van der Waals surface area contributed by atoms with E-state index < -0.39 is 22.5 Å². The molecule has 2 N–H and O–H groups in total. The van der Waals surface area contributed by atoms with Gasteiger partial charge in [0, 0.05) is 0 Å². The highest BCUT2D eigenvalue weighted by Crippen LogP contribution is 2.20. The number of unbranched alkanes of at least 4 members (excludes halogenated alkanes) is 1. The van der Waals surface area contributed by atoms with Crippen molar-refractivity contribution in [2.45, 2.75) is 32.6 Å². The van der Waals surface area contributed by atoms with Crippen molar-refractivity contribution in [1.82, 2.24) is 0 Å². The summed E-state index contributed by atoms with van der Waals surface area (Å²) in [6.45, 7) is 1.85. The highest BCUT2D eigenvalue weighted by molar-refractivity contribution is 7.88. The molecular formula is C7H13O5S. The van der Waals surface area contributed by atoms with Crippen LogP contribution >= 0.6 is 0 Å². The molecule has 77 valence electrons. The molecule has 0 aliphatic carbocycles. The van der Waals surface area contributed by atoms with Gasteiger partial charge in [-0.1, -0.05) is 19.8 Å². The molecule has 0 spiro atoms. The van der Waals surface area contributed by atoms with Gasteiger partial charge in [-0.25, -0.2) is 0 Å². The van der Waals surface area contributed by atoms with E-state index in [1.807, 2.05) is 6.92 Å². The third-order valence-corrected chi connectivity index (χ3v) is 2.60. The molecule has 5 nitrogen and oxygen atoms in total. The van der Waals surface area contributed by atoms with Crippen molar-refractivity contribution in [2.75, 3.05) is 0 Å². The second-order valence-corrected chi connectivity index (χ2v) is 4.22. The SMILES string of the molecule is CCCC[C](CC(=O)O)S(=O)(=O)O. The van der Waals surface area contributed by atoms with E-state index in [0.717, 1.165) is 6.42 Å². The number of aliphatic carboxylic acids is 1. The van der Waals surface area contributed by atoms with E-state index in [2.05, 4.69) is 0 Å². The summed E-state index contributed by atoms with van der Waals surface area (Å²) in [5.74, 6) is -1.25. The van der Waals surface area contributed by atoms with Crippen LogP contribution in [0.25, 0.3) is 0 Å². The zero-order valence-electron chi connectivity index (χ0n) is 7.36. The van der Waals surface area contributed by atoms with Crippen LogP contribution in [0.1, 0.15) is 32.6 Å². The van der Waals surface area contributed by atoms with Gasteiger partial charge in [-0.2, -0.15) is 8.42 Å². The van der Waals surface area contributed by atoms with Gasteiger partial charge in [0.1, 0.15) is 5.25 Å². The van der Waals surface area contributed by atoms with Gasteiger partial charge >= 0.3 is 5.97 Å². The van der Waals surface area contributed by atoms with Crippen LogP contribution < -0.4 is 0 Å². The summed E-state index contributed by atoms with van der Waals surface area (Å²) >= 11 is 0. The first kappa shape index (κ1) is 12.4. The lowest BCUT2D eigenvalue weighted by molar-refractivity contribution is -0.136. The Hall–Kier alpha value is -0.620. The van der Waals surface area contributed by atoms with Crippen molar-refractivity contribution in [2.24, 2.45) is 0 Å². The molecule has 0 bridgehead atoms. The van der Waals surface area contributed by atoms with E-state index in [4.69, 9.17) is 9.66 Å². The van der Waals surface area contributed by atoms with E-state index in [1.165, 1.54) is 0 Å². The average Bonchev–Trinajstić information content (AvgIpc) is 1.95. The van der Waals surface area contributed by atoms with Gasteiger partial charge in [-0.05, 0) is 6.42 Å². The summed E-state index contributed by atoms with van der Waals surface area (Å²) in [5, 5.41) is 8.03. The third-order valence-electron chi connectivity index (χ3n) is 1.52. The molecule has 0 saturated heterocycles. The first-order chi connectivity index (χ1) is 5.88. The van der Waals surface area contributed by atoms with Crippen molar-refractivity contribution in [3.63, 3.8) is 0 Å². The highest BCUT2D eigenvalue weighted by Gasteiger charge is 2.26. The van der Waals surface area contributed by atoms with Crippen LogP contribution in [-0.2, 0) is 14.9 Å². The van der Waals surface area contributed by atoms with Crippen molar-refractivity contribution < 1.29 is 22.9 Å². The van der Waals surface area contributed by atoms with Crippen LogP contribution in [0, 0.1) is 5.25 Å². The van der Waals surface area contributed by atoms with Gasteiger partial charge in [0.15, 0.2) is 0 Å². The first-order valence-corrected chi connectivity index (χ1v) is 5.36. The molecule has 0 aliphatic heterocycles. The average molecular weight is 209 g/mol. The van der Waals surface area contributed by atoms with Gasteiger partial charge in [0.2, 0.25) is 0 Å². The molecule has 0 aliphatic rings. The monoisotopic (exact) mass is 209 g/mol. The standard InChI is InChI=1S/C7H13O5S/c1-2-3-4-6(5-7(8)9)13(10,11)12/h2-5H2,1H3,(H,8,9)(H,10,11,12). The minimum absolute atomic E-state index is 0.113. The van der Waals surface area contributed by atoms with E-state index >= 15 is 0 Å². The second kappa shape index (κ2) is 5.18. The summed E-state index contributed by atoms with van der Waals surface area (Å²) in [7, 11) is -4.30. The van der Waals surface area contributed by atoms with Gasteiger partial charge in [0.25, 0.3) is 10.1 Å². The quantitative estimate of drug-likeness (QED) is 0.638. The molecule has 0 heterocycles. The Kier molecular flexibility index (Phi) is 4.94. The molecule has 0 aromatic rings. The van der Waals surface area contributed by atoms with Gasteiger partial charge in [-0.15, -0.1) is 0 Å². The fourth-order valence-electron chi connectivity index (χ4n) is 0.851. The summed E-state index contributed by atoms with van der Waals surface area (Å²) in [6.07, 6.45) is 0.807. The number of carbonyl (C=O) groups is 1. The minimum Gasteiger partial charge on any atom is -0.481 e. The maximum Gasteiger partial charge on any atom is 0.305 e. The predicted octanol–water partition coefficient (Wildman–Crippen LogP) is 1.07. The molecule has 0 amide bonds. The Morgan fingerprint density at radius 1 is 1.38 bits per heavy atom. The number of hydrogen-bond acceptors (Lipinski definition) is 3. The van der Waals surface area contributed by atoms with E-state index in [0.29, 0.717) is 6.42 Å². The maximum absolute atomic E-state index is 10.6. The van der Waals surface area contributed by atoms with Crippen molar-refractivity contribution in [1.29, 1.82) is 0 Å². The lowest BCUT2D eigenvalue weighted by Gasteiger charge is -2.08.